The zero-order valence-corrected chi connectivity index (χ0v) is 18.1. The average Bonchev–Trinajstić information content (AvgIpc) is 3.38. The van der Waals surface area contributed by atoms with Crippen molar-refractivity contribution in [2.45, 2.75) is 18.9 Å². The summed E-state index contributed by atoms with van der Waals surface area (Å²) >= 11 is 0. The van der Waals surface area contributed by atoms with E-state index in [1.54, 1.807) is 35.8 Å². The molecule has 1 atom stereocenters. The summed E-state index contributed by atoms with van der Waals surface area (Å²) in [7, 11) is 0. The second kappa shape index (κ2) is 10.8. The third-order valence-electron chi connectivity index (χ3n) is 5.55. The van der Waals surface area contributed by atoms with Crippen LogP contribution >= 0.6 is 0 Å². The van der Waals surface area contributed by atoms with Gasteiger partial charge >= 0.3 is 0 Å². The van der Waals surface area contributed by atoms with E-state index >= 15 is 0 Å². The topological polar surface area (TPSA) is 96.9 Å². The first-order valence-electron chi connectivity index (χ1n) is 10.9. The highest BCUT2D eigenvalue weighted by Crippen LogP contribution is 2.25. The van der Waals surface area contributed by atoms with Gasteiger partial charge in [0.2, 0.25) is 0 Å². The molecule has 3 aromatic rings. The normalized spacial score (nSPS) is 15.9. The Labute approximate surface area is 192 Å². The molecule has 7 nitrogen and oxygen atoms in total. The zero-order valence-electron chi connectivity index (χ0n) is 18.1. The molecule has 7 heteroatoms. The van der Waals surface area contributed by atoms with Gasteiger partial charge in [0.25, 0.3) is 11.8 Å². The Hall–Kier alpha value is -3.68. The molecule has 1 saturated heterocycles. The van der Waals surface area contributed by atoms with Gasteiger partial charge in [-0.3, -0.25) is 14.8 Å². The molecule has 1 aliphatic heterocycles. The molecule has 1 aliphatic rings. The molecule has 2 amide bonds. The Bertz CT molecular complexity index is 1150. The van der Waals surface area contributed by atoms with E-state index in [1.165, 1.54) is 0 Å². The van der Waals surface area contributed by atoms with E-state index < -0.39 is 5.91 Å². The van der Waals surface area contributed by atoms with E-state index in [1.807, 2.05) is 42.5 Å². The number of fused-ring (bicyclic) bond motifs is 1. The maximum Gasteiger partial charge on any atom is 0.274 e. The van der Waals surface area contributed by atoms with Gasteiger partial charge in [-0.15, -0.1) is 0 Å². The van der Waals surface area contributed by atoms with Crippen LogP contribution in [-0.2, 0) is 9.53 Å². The summed E-state index contributed by atoms with van der Waals surface area (Å²) in [6.45, 7) is 1.24. The van der Waals surface area contributed by atoms with E-state index in [0.29, 0.717) is 23.4 Å². The molecule has 0 spiro atoms. The Morgan fingerprint density at radius 2 is 1.85 bits per heavy atom. The number of hydroxylamine groups is 1. The van der Waals surface area contributed by atoms with Crippen LogP contribution in [0.2, 0.25) is 0 Å². The lowest BCUT2D eigenvalue weighted by Crippen LogP contribution is -2.34. The Morgan fingerprint density at radius 1 is 1.06 bits per heavy atom. The maximum absolute atomic E-state index is 13.0. The highest BCUT2D eigenvalue weighted by Gasteiger charge is 2.18. The van der Waals surface area contributed by atoms with E-state index in [-0.39, 0.29) is 18.6 Å². The van der Waals surface area contributed by atoms with Gasteiger partial charge in [-0.1, -0.05) is 48.5 Å². The molecule has 33 heavy (non-hydrogen) atoms. The van der Waals surface area contributed by atoms with Crippen molar-refractivity contribution in [1.29, 1.82) is 0 Å². The van der Waals surface area contributed by atoms with Gasteiger partial charge in [0.05, 0.1) is 11.7 Å². The van der Waals surface area contributed by atoms with E-state index in [4.69, 9.17) is 14.7 Å². The molecule has 4 rings (SSSR count). The maximum atomic E-state index is 13.0. The molecule has 170 valence electrons. The van der Waals surface area contributed by atoms with Crippen molar-refractivity contribution in [2.75, 3.05) is 19.8 Å². The summed E-state index contributed by atoms with van der Waals surface area (Å²) < 4.78 is 11.7. The summed E-state index contributed by atoms with van der Waals surface area (Å²) in [4.78, 5) is 24.6. The SMILES string of the molecule is O=C(NCC1CCCO1)C(=Cc1ccc(C(=O)NO)cc1)COc1cccc2ccccc12. The molecular formula is C26H26N2O5. The molecule has 1 heterocycles. The lowest BCUT2D eigenvalue weighted by atomic mass is 10.1. The fourth-order valence-corrected chi connectivity index (χ4v) is 3.77. The van der Waals surface area contributed by atoms with Crippen molar-refractivity contribution in [3.63, 3.8) is 0 Å². The standard InChI is InChI=1S/C26H26N2O5/c29-25(27-16-22-7-4-14-32-22)21(15-18-10-12-20(13-11-18)26(30)28-31)17-33-24-9-3-6-19-5-1-2-8-23(19)24/h1-3,5-6,8-13,15,22,31H,4,7,14,16-17H2,(H,27,29)(H,28,30). The first kappa shape index (κ1) is 22.5. The van der Waals surface area contributed by atoms with Crippen molar-refractivity contribution in [1.82, 2.24) is 10.8 Å². The van der Waals surface area contributed by atoms with E-state index in [0.717, 1.165) is 35.8 Å². The lowest BCUT2D eigenvalue weighted by Gasteiger charge is -2.15. The quantitative estimate of drug-likeness (QED) is 0.278. The summed E-state index contributed by atoms with van der Waals surface area (Å²) in [6, 6.07) is 20.3. The second-order valence-electron chi connectivity index (χ2n) is 7.84. The smallest absolute Gasteiger partial charge is 0.274 e. The minimum absolute atomic E-state index is 0.0328. The molecule has 1 fully saturated rings. The molecule has 0 aromatic heterocycles. The largest absolute Gasteiger partial charge is 0.488 e. The summed E-state index contributed by atoms with van der Waals surface area (Å²) in [6.07, 6.45) is 3.70. The monoisotopic (exact) mass is 446 g/mol. The first-order valence-corrected chi connectivity index (χ1v) is 10.9. The molecule has 3 N–H and O–H groups in total. The lowest BCUT2D eigenvalue weighted by molar-refractivity contribution is -0.118. The Kier molecular flexibility index (Phi) is 7.34. The van der Waals surface area contributed by atoms with Gasteiger partial charge in [0, 0.05) is 24.1 Å². The van der Waals surface area contributed by atoms with Crippen LogP contribution in [0.3, 0.4) is 0 Å². The number of hydrogen-bond donors (Lipinski definition) is 3. The van der Waals surface area contributed by atoms with Crippen LogP contribution in [0.4, 0.5) is 0 Å². The van der Waals surface area contributed by atoms with Crippen LogP contribution in [0.1, 0.15) is 28.8 Å². The van der Waals surface area contributed by atoms with Gasteiger partial charge in [-0.2, -0.15) is 0 Å². The fourth-order valence-electron chi connectivity index (χ4n) is 3.77. The third kappa shape index (κ3) is 5.77. The van der Waals surface area contributed by atoms with Gasteiger partial charge < -0.3 is 14.8 Å². The summed E-state index contributed by atoms with van der Waals surface area (Å²) in [5.41, 5.74) is 3.09. The van der Waals surface area contributed by atoms with Gasteiger partial charge in [0.15, 0.2) is 0 Å². The number of carbonyl (C=O) groups is 2. The van der Waals surface area contributed by atoms with E-state index in [2.05, 4.69) is 5.32 Å². The summed E-state index contributed by atoms with van der Waals surface area (Å²) in [5, 5.41) is 13.8. The predicted molar refractivity (Wildman–Crippen MR) is 125 cm³/mol. The average molecular weight is 447 g/mol. The van der Waals surface area contributed by atoms with Crippen molar-refractivity contribution < 1.29 is 24.3 Å². The van der Waals surface area contributed by atoms with Crippen molar-refractivity contribution in [2.24, 2.45) is 0 Å². The molecule has 1 unspecified atom stereocenters. The van der Waals surface area contributed by atoms with Crippen LogP contribution in [0.15, 0.2) is 72.3 Å². The first-order chi connectivity index (χ1) is 16.1. The minimum Gasteiger partial charge on any atom is -0.488 e. The second-order valence-corrected chi connectivity index (χ2v) is 7.84. The van der Waals surface area contributed by atoms with Crippen LogP contribution in [-0.4, -0.2) is 42.9 Å². The van der Waals surface area contributed by atoms with Crippen LogP contribution in [0.25, 0.3) is 16.8 Å². The number of rotatable bonds is 8. The molecule has 0 bridgehead atoms. The van der Waals surface area contributed by atoms with Gasteiger partial charge in [0.1, 0.15) is 12.4 Å². The number of hydrogen-bond acceptors (Lipinski definition) is 5. The summed E-state index contributed by atoms with van der Waals surface area (Å²) in [5.74, 6) is -0.136. The number of benzene rings is 3. The molecule has 0 saturated carbocycles. The number of nitrogens with one attached hydrogen (secondary N) is 2. The zero-order chi connectivity index (χ0) is 23.0. The van der Waals surface area contributed by atoms with Crippen LogP contribution < -0.4 is 15.5 Å². The van der Waals surface area contributed by atoms with E-state index in [9.17, 15) is 9.59 Å². The minimum atomic E-state index is -0.598. The van der Waals surface area contributed by atoms with Crippen molar-refractivity contribution in [3.8, 4) is 5.75 Å². The number of carbonyl (C=O) groups excluding carboxylic acids is 2. The number of ether oxygens (including phenoxy) is 2. The highest BCUT2D eigenvalue weighted by molar-refractivity contribution is 5.98. The third-order valence-corrected chi connectivity index (χ3v) is 5.55. The predicted octanol–water partition coefficient (Wildman–Crippen LogP) is 3.72. The molecule has 0 radical (unpaired) electrons. The molecule has 3 aromatic carbocycles. The molecule has 0 aliphatic carbocycles. The van der Waals surface area contributed by atoms with Gasteiger partial charge in [-0.25, -0.2) is 5.48 Å². The Balaban J connectivity index is 1.54. The van der Waals surface area contributed by atoms with Crippen LogP contribution in [0, 0.1) is 0 Å². The van der Waals surface area contributed by atoms with Crippen molar-refractivity contribution >= 4 is 28.7 Å². The van der Waals surface area contributed by atoms with Crippen molar-refractivity contribution in [3.05, 3.63) is 83.4 Å². The highest BCUT2D eigenvalue weighted by atomic mass is 16.5. The molecular weight excluding hydrogens is 420 g/mol. The Morgan fingerprint density at radius 3 is 2.61 bits per heavy atom. The fraction of sp³-hybridized carbons (Fsp3) is 0.231. The van der Waals surface area contributed by atoms with Crippen LogP contribution in [0.5, 0.6) is 5.75 Å². The van der Waals surface area contributed by atoms with Gasteiger partial charge in [-0.05, 0) is 48.1 Å². The number of amides is 2.